The predicted molar refractivity (Wildman–Crippen MR) is 139 cm³/mol. The van der Waals surface area contributed by atoms with Gasteiger partial charge in [0.1, 0.15) is 0 Å². The van der Waals surface area contributed by atoms with Crippen LogP contribution in [0.5, 0.6) is 0 Å². The van der Waals surface area contributed by atoms with E-state index < -0.39 is 14.2 Å². The summed E-state index contributed by atoms with van der Waals surface area (Å²) in [4.78, 5) is 0. The van der Waals surface area contributed by atoms with E-state index in [-0.39, 0.29) is 0 Å². The Morgan fingerprint density at radius 2 is 0.900 bits per heavy atom. The topological polar surface area (TPSA) is 0 Å². The van der Waals surface area contributed by atoms with Gasteiger partial charge in [0, 0.05) is 12.3 Å². The third kappa shape index (κ3) is 4.03. The fourth-order valence-electron chi connectivity index (χ4n) is 3.91. The molecule has 0 spiro atoms. The second-order valence-corrected chi connectivity index (χ2v) is 13.9. The lowest BCUT2D eigenvalue weighted by atomic mass is 10.2. The Kier molecular flexibility index (Phi) is 7.14. The van der Waals surface area contributed by atoms with Gasteiger partial charge in [0.25, 0.3) is 0 Å². The molecular weight excluding hydrogens is 445 g/mol. The lowest BCUT2D eigenvalue weighted by Gasteiger charge is -2.34. The summed E-state index contributed by atoms with van der Waals surface area (Å²) >= 11 is 13.6. The highest BCUT2D eigenvalue weighted by Gasteiger charge is 2.33. The zero-order chi connectivity index (χ0) is 20.8. The average molecular weight is 467 g/mol. The molecule has 30 heavy (non-hydrogen) atoms. The molecule has 0 fully saturated rings. The fourth-order valence-corrected chi connectivity index (χ4v) is 12.9. The Hall–Kier alpha value is -1.81. The third-order valence-electron chi connectivity index (χ3n) is 5.11. The van der Waals surface area contributed by atoms with Crippen molar-refractivity contribution in [2.24, 2.45) is 0 Å². The van der Waals surface area contributed by atoms with E-state index in [1.165, 1.54) is 26.5 Å². The Labute approximate surface area is 190 Å². The van der Waals surface area contributed by atoms with Gasteiger partial charge in [0.2, 0.25) is 0 Å². The maximum atomic E-state index is 7.12. The third-order valence-corrected chi connectivity index (χ3v) is 14.1. The second-order valence-electron chi connectivity index (χ2n) is 6.85. The highest BCUT2D eigenvalue weighted by molar-refractivity contribution is 8.14. The molecule has 0 nitrogen and oxygen atoms in total. The van der Waals surface area contributed by atoms with E-state index in [0.717, 1.165) is 0 Å². The van der Waals surface area contributed by atoms with Crippen LogP contribution in [0.1, 0.15) is 5.56 Å². The van der Waals surface area contributed by atoms with Crippen LogP contribution in [-0.4, -0.2) is 10.7 Å². The highest BCUT2D eigenvalue weighted by atomic mass is 35.7. The molecule has 0 aliphatic rings. The van der Waals surface area contributed by atoms with Crippen LogP contribution in [0, 0.1) is 0 Å². The molecule has 4 aromatic rings. The fraction of sp³-hybridized carbons (Fsp3) is 0.0385. The average Bonchev–Trinajstić information content (AvgIpc) is 2.84. The van der Waals surface area contributed by atoms with E-state index in [0.29, 0.717) is 5.62 Å². The Balaban J connectivity index is 2.29. The summed E-state index contributed by atoms with van der Waals surface area (Å²) < 4.78 is 0. The van der Waals surface area contributed by atoms with Gasteiger partial charge in [0.05, 0.1) is 5.62 Å². The largest absolute Gasteiger partial charge is 0.120 e. The summed E-state index contributed by atoms with van der Waals surface area (Å²) in [7, 11) is -1.07. The number of rotatable bonds is 6. The molecule has 150 valence electrons. The van der Waals surface area contributed by atoms with Crippen molar-refractivity contribution in [1.82, 2.24) is 0 Å². The first-order valence-corrected chi connectivity index (χ1v) is 14.5. The first kappa shape index (κ1) is 21.4. The minimum atomic E-state index is -2.23. The first-order chi connectivity index (χ1) is 14.8. The minimum Gasteiger partial charge on any atom is -0.120 e. The van der Waals surface area contributed by atoms with Gasteiger partial charge in [0.15, 0.2) is 0 Å². The monoisotopic (exact) mass is 466 g/mol. The van der Waals surface area contributed by atoms with Crippen LogP contribution in [0.15, 0.2) is 121 Å². The van der Waals surface area contributed by atoms with Crippen molar-refractivity contribution in [2.75, 3.05) is 5.62 Å². The maximum absolute atomic E-state index is 7.12. The molecule has 0 bridgehead atoms. The summed E-state index contributed by atoms with van der Waals surface area (Å²) in [6.45, 7) is -2.23. The number of hydrogen-bond donors (Lipinski definition) is 0. The van der Waals surface area contributed by atoms with Crippen molar-refractivity contribution in [3.8, 4) is 0 Å². The summed E-state index contributed by atoms with van der Waals surface area (Å²) in [6.07, 6.45) is 0. The smallest absolute Gasteiger partial charge is 0.0605 e. The number of benzene rings is 4. The van der Waals surface area contributed by atoms with Crippen molar-refractivity contribution in [1.29, 1.82) is 0 Å². The van der Waals surface area contributed by atoms with E-state index >= 15 is 0 Å². The molecule has 0 aliphatic heterocycles. The molecule has 0 N–H and O–H groups in total. The molecule has 0 heterocycles. The Morgan fingerprint density at radius 3 is 1.23 bits per heavy atom. The van der Waals surface area contributed by atoms with Gasteiger partial charge in [-0.3, -0.25) is 0 Å². The zero-order valence-electron chi connectivity index (χ0n) is 16.4. The van der Waals surface area contributed by atoms with Crippen LogP contribution in [0.3, 0.4) is 0 Å². The van der Waals surface area contributed by atoms with Gasteiger partial charge < -0.3 is 0 Å². The van der Waals surface area contributed by atoms with Gasteiger partial charge >= 0.3 is 0 Å². The van der Waals surface area contributed by atoms with Crippen LogP contribution in [0.25, 0.3) is 0 Å². The van der Waals surface area contributed by atoms with Crippen molar-refractivity contribution in [2.45, 2.75) is 0 Å². The lowest BCUT2D eigenvalue weighted by Crippen LogP contribution is -2.30. The van der Waals surface area contributed by atoms with E-state index in [4.69, 9.17) is 22.8 Å². The molecule has 4 rings (SSSR count). The summed E-state index contributed by atoms with van der Waals surface area (Å²) in [5.41, 5.74) is 1.58. The number of hydrogen-bond acceptors (Lipinski definition) is 0. The minimum absolute atomic E-state index is 0.412. The molecule has 0 saturated carbocycles. The van der Waals surface area contributed by atoms with E-state index in [9.17, 15) is 0 Å². The number of halogens is 2. The highest BCUT2D eigenvalue weighted by Crippen LogP contribution is 2.59. The maximum Gasteiger partial charge on any atom is 0.0605 e. The van der Waals surface area contributed by atoms with Crippen molar-refractivity contribution in [3.63, 3.8) is 0 Å². The van der Waals surface area contributed by atoms with Crippen molar-refractivity contribution < 1.29 is 0 Å². The molecule has 1 atom stereocenters. The molecule has 4 heteroatoms. The van der Waals surface area contributed by atoms with Gasteiger partial charge in [-0.2, -0.15) is 0 Å². The molecule has 1 unspecified atom stereocenters. The summed E-state index contributed by atoms with van der Waals surface area (Å²) in [6, 6.07) is 42.9. The van der Waals surface area contributed by atoms with Crippen LogP contribution < -0.4 is 15.9 Å². The Bertz CT molecular complexity index is 1030. The molecule has 4 aromatic carbocycles. The van der Waals surface area contributed by atoms with Gasteiger partial charge in [-0.25, -0.2) is 0 Å². The standard InChI is InChI=1S/C26H22Cl2P2/c27-21-29(28)26(22-13-5-1-6-14-22)30(23-15-7-2-8-16-23,24-17-9-3-10-18-24)25-19-11-4-12-20-25/h1-20H,21H2. The molecule has 0 saturated heterocycles. The van der Waals surface area contributed by atoms with E-state index in [1.54, 1.807) is 0 Å². The molecule has 0 aromatic heterocycles. The number of alkyl halides is 1. The quantitative estimate of drug-likeness (QED) is 0.212. The Morgan fingerprint density at radius 1 is 0.567 bits per heavy atom. The second kappa shape index (κ2) is 10.00. The molecule has 0 radical (unpaired) electrons. The SMILES string of the molecule is ClCP(Cl)C(c1ccccc1)=P(c1ccccc1)(c1ccccc1)c1ccccc1. The van der Waals surface area contributed by atoms with Gasteiger partial charge in [-0.1, -0.05) is 133 Å². The van der Waals surface area contributed by atoms with Gasteiger partial charge in [-0.05, 0) is 28.4 Å². The van der Waals surface area contributed by atoms with Crippen LogP contribution in [0.2, 0.25) is 0 Å². The summed E-state index contributed by atoms with van der Waals surface area (Å²) in [5, 5.41) is 5.14. The van der Waals surface area contributed by atoms with Crippen molar-refractivity contribution >= 4 is 58.0 Å². The normalized spacial score (nSPS) is 12.3. The van der Waals surface area contributed by atoms with E-state index in [1.807, 2.05) is 6.07 Å². The molecular formula is C26H22Cl2P2. The van der Waals surface area contributed by atoms with E-state index in [2.05, 4.69) is 115 Å². The van der Waals surface area contributed by atoms with Crippen LogP contribution in [0.4, 0.5) is 0 Å². The van der Waals surface area contributed by atoms with Crippen LogP contribution in [-0.2, 0) is 0 Å². The predicted octanol–water partition coefficient (Wildman–Crippen LogP) is 6.99. The van der Waals surface area contributed by atoms with Crippen molar-refractivity contribution in [3.05, 3.63) is 127 Å². The van der Waals surface area contributed by atoms with Crippen LogP contribution >= 0.6 is 37.0 Å². The molecule has 0 amide bonds. The van der Waals surface area contributed by atoms with Gasteiger partial charge in [-0.15, -0.1) is 11.6 Å². The first-order valence-electron chi connectivity index (χ1n) is 9.76. The zero-order valence-corrected chi connectivity index (χ0v) is 19.7. The molecule has 0 aliphatic carbocycles. The summed E-state index contributed by atoms with van der Waals surface area (Å²) in [5.74, 6) is 0. The lowest BCUT2D eigenvalue weighted by molar-refractivity contribution is 1.68.